The molecule has 6 aromatic carbocycles. The van der Waals surface area contributed by atoms with Crippen molar-refractivity contribution in [1.29, 1.82) is 0 Å². The van der Waals surface area contributed by atoms with Crippen LogP contribution in [0.4, 0.5) is 34.1 Å². The van der Waals surface area contributed by atoms with E-state index >= 15 is 0 Å². The van der Waals surface area contributed by atoms with Crippen molar-refractivity contribution in [2.45, 2.75) is 234 Å². The Balaban J connectivity index is 1.30. The summed E-state index contributed by atoms with van der Waals surface area (Å²) in [7, 11) is 0. The average molecular weight is 1050 g/mol. The highest BCUT2D eigenvalue weighted by Crippen LogP contribution is 2.55. The lowest BCUT2D eigenvalue weighted by atomic mass is 9.36. The molecule has 4 heteroatoms. The molecule has 2 aliphatic carbocycles. The van der Waals surface area contributed by atoms with E-state index in [9.17, 15) is 0 Å². The molecule has 0 saturated heterocycles. The summed E-state index contributed by atoms with van der Waals surface area (Å²) in [6.45, 7) is 50.7. The maximum absolute atomic E-state index is 2.82. The molecule has 11 rings (SSSR count). The van der Waals surface area contributed by atoms with Gasteiger partial charge >= 0.3 is 0 Å². The Morgan fingerprint density at radius 3 is 1.50 bits per heavy atom. The Bertz CT molecular complexity index is 3500. The van der Waals surface area contributed by atoms with Crippen molar-refractivity contribution in [1.82, 2.24) is 0 Å². The van der Waals surface area contributed by atoms with Gasteiger partial charge in [-0.3, -0.25) is 0 Å². The van der Waals surface area contributed by atoms with Crippen molar-refractivity contribution in [3.8, 4) is 11.1 Å². The van der Waals surface area contributed by atoms with E-state index in [1.54, 1.807) is 0 Å². The van der Waals surface area contributed by atoms with Crippen molar-refractivity contribution >= 4 is 78.0 Å². The molecule has 2 nitrogen and oxygen atoms in total. The standard InChI is InChI=1S/C74H93BN2S/c1-44-33-47(46-25-23-22-24-26-46)34-45(2)65(44)77-62-41-53(72(15,16)17)40-61-64(62)75(67-66(77)55-42-56-57(43-63(55)78-67)74(20,21)32-31-73(56,18)19)58-39-50(69(6,7)8)28-30-60(58)76(61)59-29-27-49(68(3,4)5)38-54(59)48-35-51(70(9,10)11)37-52(36-48)71(12,13)14/h27-30,33-43,46H,22-26,31-32H2,1-21H3. The molecule has 0 bridgehead atoms. The van der Waals surface area contributed by atoms with Gasteiger partial charge in [0.25, 0.3) is 6.71 Å². The van der Waals surface area contributed by atoms with Crippen molar-refractivity contribution in [2.24, 2.45) is 0 Å². The Labute approximate surface area is 476 Å². The second-order valence-corrected chi connectivity index (χ2v) is 32.5. The Hall–Kier alpha value is -5.06. The number of thiophene rings is 1. The number of nitrogens with zero attached hydrogens (tertiary/aromatic N) is 2. The van der Waals surface area contributed by atoms with Crippen LogP contribution in [0.1, 0.15) is 238 Å². The number of rotatable bonds is 4. The second kappa shape index (κ2) is 18.2. The Kier molecular flexibility index (Phi) is 12.8. The van der Waals surface area contributed by atoms with Gasteiger partial charge in [-0.15, -0.1) is 11.3 Å². The van der Waals surface area contributed by atoms with E-state index in [0.29, 0.717) is 5.92 Å². The van der Waals surface area contributed by atoms with Gasteiger partial charge in [0, 0.05) is 37.5 Å². The molecular formula is C74H93BN2S. The van der Waals surface area contributed by atoms with Gasteiger partial charge in [0.2, 0.25) is 0 Å². The number of hydrogen-bond acceptors (Lipinski definition) is 3. The fourth-order valence-corrected chi connectivity index (χ4v) is 15.4. The van der Waals surface area contributed by atoms with Crippen molar-refractivity contribution < 1.29 is 0 Å². The fraction of sp³-hybridized carbons (Fsp3) is 0.486. The molecule has 0 spiro atoms. The lowest BCUT2D eigenvalue weighted by Crippen LogP contribution is -2.60. The van der Waals surface area contributed by atoms with Gasteiger partial charge in [0.05, 0.1) is 17.1 Å². The highest BCUT2D eigenvalue weighted by atomic mass is 32.1. The molecule has 7 aromatic rings. The minimum atomic E-state index is -0.142. The monoisotopic (exact) mass is 1050 g/mol. The highest BCUT2D eigenvalue weighted by molar-refractivity contribution is 7.33. The van der Waals surface area contributed by atoms with Gasteiger partial charge in [-0.05, 0) is 198 Å². The predicted octanol–water partition coefficient (Wildman–Crippen LogP) is 20.2. The van der Waals surface area contributed by atoms with Gasteiger partial charge in [-0.25, -0.2) is 0 Å². The Morgan fingerprint density at radius 1 is 0.474 bits per heavy atom. The first-order valence-corrected chi connectivity index (χ1v) is 30.9. The molecule has 408 valence electrons. The summed E-state index contributed by atoms with van der Waals surface area (Å²) in [5, 5.41) is 1.41. The van der Waals surface area contributed by atoms with E-state index in [0.717, 1.165) is 0 Å². The normalized spacial score (nSPS) is 17.5. The number of anilines is 6. The molecule has 2 aliphatic heterocycles. The largest absolute Gasteiger partial charge is 0.311 e. The van der Waals surface area contributed by atoms with E-state index in [4.69, 9.17) is 0 Å². The van der Waals surface area contributed by atoms with Crippen LogP contribution in [0, 0.1) is 13.8 Å². The summed E-state index contributed by atoms with van der Waals surface area (Å²) >= 11 is 2.08. The van der Waals surface area contributed by atoms with Gasteiger partial charge in [0.1, 0.15) is 0 Å². The smallest absolute Gasteiger partial charge is 0.264 e. The third-order valence-electron chi connectivity index (χ3n) is 19.3. The van der Waals surface area contributed by atoms with Crippen molar-refractivity contribution in [3.05, 3.63) is 147 Å². The topological polar surface area (TPSA) is 6.48 Å². The molecule has 1 saturated carbocycles. The summed E-state index contributed by atoms with van der Waals surface area (Å²) in [4.78, 5) is 5.56. The van der Waals surface area contributed by atoms with Crippen LogP contribution in [0.25, 0.3) is 21.2 Å². The van der Waals surface area contributed by atoms with Crippen LogP contribution in [0.2, 0.25) is 0 Å². The van der Waals surface area contributed by atoms with Crippen molar-refractivity contribution in [3.63, 3.8) is 0 Å². The molecule has 0 atom stereocenters. The molecule has 1 fully saturated rings. The van der Waals surface area contributed by atoms with E-state index in [2.05, 4.69) is 258 Å². The summed E-state index contributed by atoms with van der Waals surface area (Å²) < 4.78 is 2.89. The third kappa shape index (κ3) is 9.23. The molecule has 0 unspecified atom stereocenters. The molecule has 3 heterocycles. The summed E-state index contributed by atoms with van der Waals surface area (Å²) in [6, 6.07) is 38.4. The second-order valence-electron chi connectivity index (χ2n) is 31.4. The first kappa shape index (κ1) is 54.9. The van der Waals surface area contributed by atoms with Gasteiger partial charge in [0.15, 0.2) is 0 Å². The van der Waals surface area contributed by atoms with Crippen LogP contribution in [0.5, 0.6) is 0 Å². The van der Waals surface area contributed by atoms with Crippen LogP contribution in [0.15, 0.2) is 91.0 Å². The molecule has 1 aromatic heterocycles. The van der Waals surface area contributed by atoms with Gasteiger partial charge in [-0.1, -0.05) is 199 Å². The van der Waals surface area contributed by atoms with Gasteiger partial charge < -0.3 is 9.80 Å². The first-order valence-electron chi connectivity index (χ1n) is 30.1. The van der Waals surface area contributed by atoms with Crippen molar-refractivity contribution in [2.75, 3.05) is 9.80 Å². The zero-order chi connectivity index (χ0) is 56.4. The Morgan fingerprint density at radius 2 is 0.962 bits per heavy atom. The quantitative estimate of drug-likeness (QED) is 0.162. The molecule has 4 aliphatic rings. The zero-order valence-corrected chi connectivity index (χ0v) is 52.9. The molecular weight excluding hydrogens is 960 g/mol. The van der Waals surface area contributed by atoms with E-state index in [1.165, 1.54) is 172 Å². The molecule has 0 N–H and O–H groups in total. The lowest BCUT2D eigenvalue weighted by molar-refractivity contribution is 0.332. The maximum Gasteiger partial charge on any atom is 0.264 e. The number of hydrogen-bond donors (Lipinski definition) is 0. The summed E-state index contributed by atoms with van der Waals surface area (Å²) in [6.07, 6.45) is 9.01. The maximum atomic E-state index is 2.82. The lowest BCUT2D eigenvalue weighted by Gasteiger charge is -2.45. The zero-order valence-electron chi connectivity index (χ0n) is 52.1. The first-order chi connectivity index (χ1) is 36.1. The number of fused-ring (bicyclic) bond motifs is 7. The number of benzene rings is 6. The fourth-order valence-electron chi connectivity index (χ4n) is 14.0. The average Bonchev–Trinajstić information content (AvgIpc) is 3.65. The van der Waals surface area contributed by atoms with Crippen LogP contribution < -0.4 is 25.5 Å². The van der Waals surface area contributed by atoms with E-state index < -0.39 is 0 Å². The van der Waals surface area contributed by atoms with Crippen LogP contribution in [0.3, 0.4) is 0 Å². The third-order valence-corrected chi connectivity index (χ3v) is 20.5. The number of aryl methyl sites for hydroxylation is 2. The summed E-state index contributed by atoms with van der Waals surface area (Å²) in [5.74, 6) is 0.632. The van der Waals surface area contributed by atoms with Crippen LogP contribution in [-0.4, -0.2) is 6.71 Å². The van der Waals surface area contributed by atoms with Crippen LogP contribution >= 0.6 is 11.3 Å². The molecule has 0 radical (unpaired) electrons. The summed E-state index contributed by atoms with van der Waals surface area (Å²) in [5.41, 5.74) is 27.4. The van der Waals surface area contributed by atoms with E-state index in [1.807, 2.05) is 0 Å². The SMILES string of the molecule is Cc1cc(C2CCCCC2)cc(C)c1N1c2cc(C(C)(C)C)cc3c2B(c2cc(C(C)(C)C)ccc2N3c2ccc(C(C)(C)C)cc2-c2cc(C(C)(C)C)cc(C(C)(C)C)c2)c2sc3cc4c(cc3c21)C(C)(C)CCC4(C)C. The highest BCUT2D eigenvalue weighted by Gasteiger charge is 2.48. The minimum absolute atomic E-state index is 0.0235. The minimum Gasteiger partial charge on any atom is -0.311 e. The predicted molar refractivity (Wildman–Crippen MR) is 345 cm³/mol. The van der Waals surface area contributed by atoms with Crippen LogP contribution in [-0.2, 0) is 37.9 Å². The van der Waals surface area contributed by atoms with Gasteiger partial charge in [-0.2, -0.15) is 0 Å². The molecule has 78 heavy (non-hydrogen) atoms. The van der Waals surface area contributed by atoms with E-state index in [-0.39, 0.29) is 44.6 Å². The molecule has 0 amide bonds.